The van der Waals surface area contributed by atoms with E-state index in [9.17, 15) is 4.39 Å². The molecule has 1 saturated heterocycles. The molecular weight excluding hydrogens is 369 g/mol. The lowest BCUT2D eigenvalue weighted by atomic mass is 9.82. The van der Waals surface area contributed by atoms with Gasteiger partial charge in [0, 0.05) is 68.5 Å². The number of halogens is 1. The Morgan fingerprint density at radius 2 is 1.86 bits per heavy atom. The number of hydrogen-bond acceptors (Lipinski definition) is 7. The number of anilines is 2. The predicted molar refractivity (Wildman–Crippen MR) is 108 cm³/mol. The maximum atomic E-state index is 14.3. The van der Waals surface area contributed by atoms with Gasteiger partial charge < -0.3 is 9.80 Å². The van der Waals surface area contributed by atoms with E-state index in [-0.39, 0.29) is 12.1 Å². The maximum Gasteiger partial charge on any atom is 0.216 e. The molecule has 8 heteroatoms. The lowest BCUT2D eigenvalue weighted by molar-refractivity contribution is 0.353. The van der Waals surface area contributed by atoms with E-state index in [1.165, 1.54) is 6.07 Å². The van der Waals surface area contributed by atoms with Gasteiger partial charge in [-0.3, -0.25) is 0 Å². The van der Waals surface area contributed by atoms with Crippen LogP contribution in [0.4, 0.5) is 15.9 Å². The molecule has 2 aliphatic heterocycles. The molecule has 2 bridgehead atoms. The first kappa shape index (κ1) is 17.9. The second-order valence-electron chi connectivity index (χ2n) is 7.78. The van der Waals surface area contributed by atoms with E-state index in [1.807, 2.05) is 31.3 Å². The molecule has 0 amide bonds. The second kappa shape index (κ2) is 7.02. The lowest BCUT2D eigenvalue weighted by Gasteiger charge is -2.47. The standard InChI is InChI=1S/C21H22FN7/c1-28(2)14-10-18(22)27-19(11-14)29-13-5-3-6-17(29)15-12-25-21(26-16(15)9-13)20-23-7-4-8-24-20/h4,7-8,10-13,17H,3,5-6,9H2,1-2H3/t13-,17+/m1/s1. The molecule has 2 atom stereocenters. The third kappa shape index (κ3) is 3.18. The van der Waals surface area contributed by atoms with E-state index < -0.39 is 5.95 Å². The van der Waals surface area contributed by atoms with Crippen molar-refractivity contribution in [3.05, 3.63) is 54.0 Å². The van der Waals surface area contributed by atoms with Gasteiger partial charge in [0.25, 0.3) is 0 Å². The van der Waals surface area contributed by atoms with Crippen LogP contribution in [0.25, 0.3) is 11.6 Å². The largest absolute Gasteiger partial charge is 0.377 e. The van der Waals surface area contributed by atoms with Crippen molar-refractivity contribution in [2.24, 2.45) is 0 Å². The van der Waals surface area contributed by atoms with E-state index >= 15 is 0 Å². The molecule has 0 unspecified atom stereocenters. The molecule has 2 aliphatic rings. The van der Waals surface area contributed by atoms with Crippen LogP contribution in [0, 0.1) is 5.95 Å². The first-order valence-corrected chi connectivity index (χ1v) is 9.86. The first-order chi connectivity index (χ1) is 14.1. The summed E-state index contributed by atoms with van der Waals surface area (Å²) in [7, 11) is 3.82. The van der Waals surface area contributed by atoms with Crippen molar-refractivity contribution in [1.29, 1.82) is 0 Å². The van der Waals surface area contributed by atoms with Gasteiger partial charge in [-0.25, -0.2) is 24.9 Å². The van der Waals surface area contributed by atoms with Gasteiger partial charge in [-0.2, -0.15) is 4.39 Å². The summed E-state index contributed by atoms with van der Waals surface area (Å²) in [4.78, 5) is 26.3. The summed E-state index contributed by atoms with van der Waals surface area (Å²) in [5, 5.41) is 0. The van der Waals surface area contributed by atoms with Crippen LogP contribution in [0.15, 0.2) is 36.8 Å². The summed E-state index contributed by atoms with van der Waals surface area (Å²) in [5.74, 6) is 1.31. The zero-order valence-electron chi connectivity index (χ0n) is 16.5. The lowest BCUT2D eigenvalue weighted by Crippen LogP contribution is -2.47. The first-order valence-electron chi connectivity index (χ1n) is 9.86. The highest BCUT2D eigenvalue weighted by molar-refractivity contribution is 5.58. The van der Waals surface area contributed by atoms with E-state index in [0.29, 0.717) is 17.5 Å². The Balaban J connectivity index is 1.56. The van der Waals surface area contributed by atoms with Crippen LogP contribution in [0.5, 0.6) is 0 Å². The molecule has 0 aliphatic carbocycles. The smallest absolute Gasteiger partial charge is 0.216 e. The third-order valence-corrected chi connectivity index (χ3v) is 5.74. The van der Waals surface area contributed by atoms with Crippen LogP contribution >= 0.6 is 0 Å². The topological polar surface area (TPSA) is 70.9 Å². The van der Waals surface area contributed by atoms with Gasteiger partial charge in [0.05, 0.1) is 11.7 Å². The van der Waals surface area contributed by atoms with E-state index in [4.69, 9.17) is 4.98 Å². The van der Waals surface area contributed by atoms with Gasteiger partial charge in [0.2, 0.25) is 5.95 Å². The molecule has 5 heterocycles. The normalized spacial score (nSPS) is 20.3. The number of aromatic nitrogens is 5. The van der Waals surface area contributed by atoms with Crippen molar-refractivity contribution in [3.63, 3.8) is 0 Å². The van der Waals surface area contributed by atoms with Gasteiger partial charge in [0.15, 0.2) is 11.6 Å². The number of pyridine rings is 1. The Kier molecular flexibility index (Phi) is 4.34. The number of nitrogens with zero attached hydrogens (tertiary/aromatic N) is 7. The van der Waals surface area contributed by atoms with E-state index in [0.717, 1.165) is 42.6 Å². The Bertz CT molecular complexity index is 1040. The average molecular weight is 391 g/mol. The number of hydrogen-bond donors (Lipinski definition) is 0. The monoisotopic (exact) mass is 391 g/mol. The minimum absolute atomic E-state index is 0.104. The van der Waals surface area contributed by atoms with Crippen molar-refractivity contribution in [2.45, 2.75) is 37.8 Å². The molecule has 29 heavy (non-hydrogen) atoms. The van der Waals surface area contributed by atoms with Crippen molar-refractivity contribution >= 4 is 11.5 Å². The fourth-order valence-corrected chi connectivity index (χ4v) is 4.41. The summed E-state index contributed by atoms with van der Waals surface area (Å²) in [6.45, 7) is 0. The van der Waals surface area contributed by atoms with Gasteiger partial charge >= 0.3 is 0 Å². The van der Waals surface area contributed by atoms with Crippen LogP contribution in [0.2, 0.25) is 0 Å². The summed E-state index contributed by atoms with van der Waals surface area (Å²) >= 11 is 0. The number of piperidine rings is 1. The van der Waals surface area contributed by atoms with Crippen molar-refractivity contribution in [2.75, 3.05) is 23.9 Å². The molecule has 148 valence electrons. The Morgan fingerprint density at radius 1 is 1.03 bits per heavy atom. The maximum absolute atomic E-state index is 14.3. The highest BCUT2D eigenvalue weighted by Crippen LogP contribution is 2.44. The van der Waals surface area contributed by atoms with Crippen molar-refractivity contribution in [3.8, 4) is 11.6 Å². The molecule has 0 saturated carbocycles. The van der Waals surface area contributed by atoms with Crippen LogP contribution in [0.1, 0.15) is 36.6 Å². The van der Waals surface area contributed by atoms with Gasteiger partial charge in [0.1, 0.15) is 5.82 Å². The molecule has 1 fully saturated rings. The molecule has 0 aromatic carbocycles. The average Bonchev–Trinajstić information content (AvgIpc) is 2.73. The van der Waals surface area contributed by atoms with Crippen molar-refractivity contribution in [1.82, 2.24) is 24.9 Å². The highest BCUT2D eigenvalue weighted by Gasteiger charge is 2.39. The Morgan fingerprint density at radius 3 is 2.66 bits per heavy atom. The highest BCUT2D eigenvalue weighted by atomic mass is 19.1. The Hall–Kier alpha value is -3.16. The van der Waals surface area contributed by atoms with E-state index in [1.54, 1.807) is 18.5 Å². The summed E-state index contributed by atoms with van der Waals surface area (Å²) in [6, 6.07) is 5.55. The van der Waals surface area contributed by atoms with Crippen molar-refractivity contribution < 1.29 is 4.39 Å². The van der Waals surface area contributed by atoms with Crippen LogP contribution in [0.3, 0.4) is 0 Å². The minimum Gasteiger partial charge on any atom is -0.377 e. The molecule has 0 spiro atoms. The summed E-state index contributed by atoms with van der Waals surface area (Å²) in [6.07, 6.45) is 9.20. The number of rotatable bonds is 3. The molecule has 0 N–H and O–H groups in total. The quantitative estimate of drug-likeness (QED) is 0.635. The predicted octanol–water partition coefficient (Wildman–Crippen LogP) is 3.19. The molecule has 7 nitrogen and oxygen atoms in total. The summed E-state index contributed by atoms with van der Waals surface area (Å²) in [5.41, 5.74) is 2.94. The van der Waals surface area contributed by atoms with E-state index in [2.05, 4.69) is 24.8 Å². The zero-order chi connectivity index (χ0) is 20.0. The van der Waals surface area contributed by atoms with Crippen LogP contribution < -0.4 is 9.80 Å². The molecular formula is C21H22FN7. The number of fused-ring (bicyclic) bond motifs is 4. The SMILES string of the molecule is CN(C)c1cc(F)nc(N2[C@@H]3CCC[C@H]2c2cnc(-c4ncccn4)nc2C3)c1. The molecule has 3 aromatic heterocycles. The second-order valence-corrected chi connectivity index (χ2v) is 7.78. The molecule has 3 aromatic rings. The minimum atomic E-state index is -0.456. The molecule has 5 rings (SSSR count). The summed E-state index contributed by atoms with van der Waals surface area (Å²) < 4.78 is 14.3. The molecule has 0 radical (unpaired) electrons. The van der Waals surface area contributed by atoms with Crippen LogP contribution in [-0.2, 0) is 6.42 Å². The van der Waals surface area contributed by atoms with Crippen LogP contribution in [-0.4, -0.2) is 45.1 Å². The van der Waals surface area contributed by atoms with Gasteiger partial charge in [-0.15, -0.1) is 0 Å². The third-order valence-electron chi connectivity index (χ3n) is 5.74. The Labute approximate surface area is 168 Å². The van der Waals surface area contributed by atoms with Gasteiger partial charge in [-0.1, -0.05) is 0 Å². The van der Waals surface area contributed by atoms with Gasteiger partial charge in [-0.05, 0) is 25.3 Å². The zero-order valence-corrected chi connectivity index (χ0v) is 16.5. The fourth-order valence-electron chi connectivity index (χ4n) is 4.41. The fraction of sp³-hybridized carbons (Fsp3) is 0.381.